The minimum absolute atomic E-state index is 0.0103. The largest absolute Gasteiger partial charge is 0.479 e. The molecule has 0 radical (unpaired) electrons. The zero-order valence-corrected chi connectivity index (χ0v) is 51.0. The van der Waals surface area contributed by atoms with Crippen LogP contribution in [0.2, 0.25) is 0 Å². The van der Waals surface area contributed by atoms with E-state index < -0.39 is 201 Å². The SMILES string of the molecule is C[C@@H]1O[C@@H](O[C@H]2[C@H](O[C@@H]3CC(C)(C)CC4C5=CCC6[C@@]7(C)CC[C@H](O[C@@H]8O[C@H](C(=O)O)[C@@H](O)[C@H](O)[C@H]8O[C@@H]8O[C@H](CO)[C@H](O)[C@H](O)[C@H]8O[C@@H]8O[C@@H](C)[C@@H](O)[C@@H](O)[C@H]8O)[C@@](C)(CO)C7CC[C@@]6(C)[C@]5(C)CC[C@]43C)O[C@H](CO)[C@@H](O)[C@@H]2O)[C@H](O)[C@H](O)[C@H]1O. The van der Waals surface area contributed by atoms with Crippen molar-refractivity contribution in [2.45, 2.75) is 286 Å². The van der Waals surface area contributed by atoms with Crippen molar-refractivity contribution in [3.63, 3.8) is 0 Å². The van der Waals surface area contributed by atoms with Gasteiger partial charge < -0.3 is 129 Å². The van der Waals surface area contributed by atoms with E-state index in [4.69, 9.17) is 47.4 Å². The topological polar surface area (TPSA) is 433 Å². The van der Waals surface area contributed by atoms with Gasteiger partial charge in [-0.3, -0.25) is 0 Å². The fraction of sp³-hybridized carbons (Fsp3) is 0.950. The van der Waals surface area contributed by atoms with Crippen molar-refractivity contribution in [3.8, 4) is 0 Å². The summed E-state index contributed by atoms with van der Waals surface area (Å²) in [6.07, 6.45) is -35.0. The van der Waals surface area contributed by atoms with E-state index in [1.54, 1.807) is 0 Å². The van der Waals surface area contributed by atoms with Crippen LogP contribution in [-0.2, 0) is 52.2 Å². The van der Waals surface area contributed by atoms with Crippen LogP contribution >= 0.6 is 0 Å². The zero-order chi connectivity index (χ0) is 63.7. The van der Waals surface area contributed by atoms with Gasteiger partial charge in [-0.1, -0.05) is 60.1 Å². The van der Waals surface area contributed by atoms with Crippen LogP contribution in [0.15, 0.2) is 11.6 Å². The lowest BCUT2D eigenvalue weighted by atomic mass is 9.33. The first kappa shape index (κ1) is 68.1. The molecule has 10 aliphatic rings. The molecule has 500 valence electrons. The second-order valence-electron chi connectivity index (χ2n) is 29.2. The van der Waals surface area contributed by atoms with Gasteiger partial charge in [-0.05, 0) is 111 Å². The number of ether oxygens (including phenoxy) is 10. The van der Waals surface area contributed by atoms with E-state index in [2.05, 4.69) is 47.6 Å². The number of allylic oxidation sites excluding steroid dienone is 2. The molecule has 0 aromatic carbocycles. The Hall–Kier alpha value is -1.79. The maximum atomic E-state index is 12.7. The summed E-state index contributed by atoms with van der Waals surface area (Å²) in [4.78, 5) is 12.7. The molecule has 35 atom stereocenters. The molecule has 0 spiro atoms. The highest BCUT2D eigenvalue weighted by Crippen LogP contribution is 2.76. The molecule has 3 unspecified atom stereocenters. The number of hydrogen-bond acceptors (Lipinski definition) is 26. The molecule has 27 nitrogen and oxygen atoms in total. The van der Waals surface area contributed by atoms with Gasteiger partial charge in [0.05, 0.1) is 44.2 Å². The molecule has 5 saturated heterocycles. The number of carboxylic acid groups (broad SMARTS) is 1. The van der Waals surface area contributed by atoms with Gasteiger partial charge in [0.15, 0.2) is 37.6 Å². The Labute approximate surface area is 506 Å². The van der Waals surface area contributed by atoms with Gasteiger partial charge in [0.1, 0.15) is 104 Å². The molecule has 5 aliphatic heterocycles. The van der Waals surface area contributed by atoms with Crippen LogP contribution < -0.4 is 0 Å². The first-order chi connectivity index (χ1) is 40.7. The lowest BCUT2D eigenvalue weighted by molar-refractivity contribution is -0.396. The molecule has 87 heavy (non-hydrogen) atoms. The Bertz CT molecular complexity index is 2440. The summed E-state index contributed by atoms with van der Waals surface area (Å²) in [6.45, 7) is 16.5. The summed E-state index contributed by atoms with van der Waals surface area (Å²) in [5.41, 5.74) is -1.60. The molecule has 0 aromatic rings. The second-order valence-corrected chi connectivity index (χ2v) is 29.2. The van der Waals surface area contributed by atoms with Gasteiger partial charge in [0, 0.05) is 10.8 Å². The van der Waals surface area contributed by atoms with Crippen molar-refractivity contribution in [2.75, 3.05) is 19.8 Å². The van der Waals surface area contributed by atoms with Crippen molar-refractivity contribution in [3.05, 3.63) is 11.6 Å². The van der Waals surface area contributed by atoms with Crippen molar-refractivity contribution < 1.29 is 134 Å². The predicted octanol–water partition coefficient (Wildman–Crippen LogP) is -2.62. The Kier molecular flexibility index (Phi) is 19.4. The Morgan fingerprint density at radius 1 is 0.494 bits per heavy atom. The molecule has 10 rings (SSSR count). The minimum Gasteiger partial charge on any atom is -0.479 e. The highest BCUT2D eigenvalue weighted by atomic mass is 16.8. The van der Waals surface area contributed by atoms with Crippen molar-refractivity contribution in [2.24, 2.45) is 50.2 Å². The van der Waals surface area contributed by atoms with Crippen molar-refractivity contribution in [1.29, 1.82) is 0 Å². The molecule has 4 saturated carbocycles. The van der Waals surface area contributed by atoms with Gasteiger partial charge in [0.2, 0.25) is 0 Å². The lowest BCUT2D eigenvalue weighted by Crippen LogP contribution is -2.68. The Morgan fingerprint density at radius 3 is 1.48 bits per heavy atom. The Morgan fingerprint density at radius 2 is 0.977 bits per heavy atom. The van der Waals surface area contributed by atoms with E-state index in [-0.39, 0.29) is 40.6 Å². The molecule has 0 bridgehead atoms. The highest BCUT2D eigenvalue weighted by Gasteiger charge is 2.71. The smallest absolute Gasteiger partial charge is 0.335 e. The van der Waals surface area contributed by atoms with Crippen LogP contribution in [0.1, 0.15) is 120 Å². The number of aliphatic hydroxyl groups is 15. The van der Waals surface area contributed by atoms with E-state index in [1.807, 2.05) is 6.92 Å². The number of carbonyl (C=O) groups is 1. The van der Waals surface area contributed by atoms with Gasteiger partial charge >= 0.3 is 5.97 Å². The maximum Gasteiger partial charge on any atom is 0.335 e. The fourth-order valence-electron chi connectivity index (χ4n) is 18.0. The fourth-order valence-corrected chi connectivity index (χ4v) is 18.0. The highest BCUT2D eigenvalue weighted by molar-refractivity contribution is 5.73. The molecule has 27 heteroatoms. The van der Waals surface area contributed by atoms with Crippen LogP contribution in [0.25, 0.3) is 0 Å². The number of aliphatic hydroxyl groups excluding tert-OH is 15. The molecule has 0 amide bonds. The summed E-state index contributed by atoms with van der Waals surface area (Å²) in [6, 6.07) is 0. The summed E-state index contributed by atoms with van der Waals surface area (Å²) in [5.74, 6) is -1.79. The molecule has 0 aromatic heterocycles. The molecular weight excluding hydrogens is 1150 g/mol. The monoisotopic (exact) mass is 1250 g/mol. The van der Waals surface area contributed by atoms with Crippen LogP contribution in [0.5, 0.6) is 0 Å². The standard InChI is InChI=1S/C60H98O27/c1-23-33(64)37(68)43(74)50(78-23)85-46-39(70)35(66)27(20-61)80-52(46)83-32-19-55(3,4)18-26-25-10-11-30-57(6)14-13-31(58(7,22-63)29(57)12-15-60(30,9)59(25,8)17-16-56(26,32)5)82-54-48(42(73)41(72)45(84-54)49(76)77)87-53-47(40(71)36(67)28(21-62)81-53)86-51-44(75)38(69)34(65)24(2)79-51/h10,23-24,26-48,50-54,61-75H,11-22H2,1-9H3,(H,76,77)/t23-,24-,26?,27+,28+,29?,30?,31-,32+,33-,34+,35+,36-,37+,38+,39-,40-,41-,42-,43+,44+,45-,46+,47+,48+,50-,51-,52-,53-,54+,56+,57-,58-,59+,60+/m0/s1. The third-order valence-corrected chi connectivity index (χ3v) is 23.7. The Balaban J connectivity index is 0.905. The van der Waals surface area contributed by atoms with E-state index in [1.165, 1.54) is 19.4 Å². The van der Waals surface area contributed by atoms with Gasteiger partial charge in [0.25, 0.3) is 0 Å². The van der Waals surface area contributed by atoms with E-state index in [0.29, 0.717) is 38.5 Å². The third kappa shape index (κ3) is 11.3. The normalized spacial score (nSPS) is 56.0. The number of aliphatic carboxylic acids is 1. The third-order valence-electron chi connectivity index (χ3n) is 23.7. The average molecular weight is 1250 g/mol. The molecule has 5 heterocycles. The maximum absolute atomic E-state index is 12.7. The van der Waals surface area contributed by atoms with Crippen LogP contribution in [0.3, 0.4) is 0 Å². The molecule has 5 aliphatic carbocycles. The van der Waals surface area contributed by atoms with Crippen molar-refractivity contribution in [1.82, 2.24) is 0 Å². The minimum atomic E-state index is -2.13. The first-order valence-electron chi connectivity index (χ1n) is 31.1. The van der Waals surface area contributed by atoms with Gasteiger partial charge in [-0.15, -0.1) is 0 Å². The van der Waals surface area contributed by atoms with Crippen LogP contribution in [0, 0.1) is 50.2 Å². The summed E-state index contributed by atoms with van der Waals surface area (Å²) in [7, 11) is 0. The summed E-state index contributed by atoms with van der Waals surface area (Å²) >= 11 is 0. The number of rotatable bonds is 14. The van der Waals surface area contributed by atoms with Gasteiger partial charge in [-0.25, -0.2) is 4.79 Å². The second kappa shape index (κ2) is 24.8. The summed E-state index contributed by atoms with van der Waals surface area (Å²) < 4.78 is 61.6. The zero-order valence-electron chi connectivity index (χ0n) is 51.0. The number of hydrogen-bond donors (Lipinski definition) is 16. The van der Waals surface area contributed by atoms with Gasteiger partial charge in [-0.2, -0.15) is 0 Å². The first-order valence-corrected chi connectivity index (χ1v) is 31.1. The lowest BCUT2D eigenvalue weighted by Gasteiger charge is -2.72. The number of fused-ring (bicyclic) bond motifs is 7. The number of carboxylic acids is 1. The average Bonchev–Trinajstić information content (AvgIpc) is 0.698. The van der Waals surface area contributed by atoms with Crippen LogP contribution in [-0.4, -0.2) is 273 Å². The predicted molar refractivity (Wildman–Crippen MR) is 294 cm³/mol. The molecular formula is C60H98O27. The van der Waals surface area contributed by atoms with E-state index in [0.717, 1.165) is 19.3 Å². The van der Waals surface area contributed by atoms with E-state index in [9.17, 15) is 86.5 Å². The van der Waals surface area contributed by atoms with E-state index >= 15 is 0 Å². The molecule has 16 N–H and O–H groups in total. The van der Waals surface area contributed by atoms with Crippen LogP contribution in [0.4, 0.5) is 0 Å². The quantitative estimate of drug-likeness (QED) is 0.0625. The molecule has 9 fully saturated rings. The summed E-state index contributed by atoms with van der Waals surface area (Å²) in [5, 5.41) is 174. The van der Waals surface area contributed by atoms with Crippen molar-refractivity contribution >= 4 is 5.97 Å².